The normalized spacial score (nSPS) is 28.8. The summed E-state index contributed by atoms with van der Waals surface area (Å²) in [6.45, 7) is 1.30. The van der Waals surface area contributed by atoms with Crippen molar-refractivity contribution < 1.29 is 9.59 Å². The van der Waals surface area contributed by atoms with Crippen LogP contribution in [0.1, 0.15) is 25.7 Å². The van der Waals surface area contributed by atoms with Crippen LogP contribution in [0.5, 0.6) is 0 Å². The molecule has 0 saturated carbocycles. The molecule has 0 bridgehead atoms. The lowest BCUT2D eigenvalue weighted by molar-refractivity contribution is -0.165. The number of nitrogens with two attached hydrogens (primary N) is 1. The molecule has 2 N–H and O–H groups in total. The van der Waals surface area contributed by atoms with E-state index in [0.29, 0.717) is 25.9 Å². The molecular formula is C9H15N3O2. The molecule has 5 heteroatoms. The average Bonchev–Trinajstić information content (AvgIpc) is 2.33. The van der Waals surface area contributed by atoms with Crippen LogP contribution in [0.15, 0.2) is 0 Å². The van der Waals surface area contributed by atoms with Crippen molar-refractivity contribution in [3.8, 4) is 0 Å². The molecule has 2 fully saturated rings. The predicted octanol–water partition coefficient (Wildman–Crippen LogP) is -0.527. The van der Waals surface area contributed by atoms with E-state index >= 15 is 0 Å². The van der Waals surface area contributed by atoms with Gasteiger partial charge in [0.15, 0.2) is 0 Å². The number of hydrazine groups is 1. The van der Waals surface area contributed by atoms with Crippen LogP contribution >= 0.6 is 0 Å². The molecule has 2 heterocycles. The minimum atomic E-state index is -0.498. The van der Waals surface area contributed by atoms with Gasteiger partial charge in [0.05, 0.1) is 6.04 Å². The molecular weight excluding hydrogens is 182 g/mol. The summed E-state index contributed by atoms with van der Waals surface area (Å²) < 4.78 is 0. The van der Waals surface area contributed by atoms with Gasteiger partial charge in [0.25, 0.3) is 5.91 Å². The van der Waals surface area contributed by atoms with Gasteiger partial charge < -0.3 is 5.73 Å². The van der Waals surface area contributed by atoms with Crippen molar-refractivity contribution in [3.05, 3.63) is 0 Å². The maximum atomic E-state index is 11.7. The maximum Gasteiger partial charge on any atom is 0.258 e. The van der Waals surface area contributed by atoms with Crippen LogP contribution in [-0.2, 0) is 9.59 Å². The molecule has 2 aliphatic rings. The number of fused-ring (bicyclic) bond motifs is 1. The Labute approximate surface area is 82.8 Å². The quantitative estimate of drug-likeness (QED) is 0.568. The van der Waals surface area contributed by atoms with Crippen LogP contribution in [0.4, 0.5) is 0 Å². The van der Waals surface area contributed by atoms with Crippen molar-refractivity contribution in [2.45, 2.75) is 31.7 Å². The second-order valence-electron chi connectivity index (χ2n) is 3.83. The maximum absolute atomic E-state index is 11.7. The van der Waals surface area contributed by atoms with E-state index in [1.807, 2.05) is 0 Å². The molecule has 2 rings (SSSR count). The van der Waals surface area contributed by atoms with E-state index in [4.69, 9.17) is 5.73 Å². The van der Waals surface area contributed by atoms with E-state index in [9.17, 15) is 9.59 Å². The SMILES string of the molecule is N[C@H]1CCC(=O)N2CCCCN2C1=O. The predicted molar refractivity (Wildman–Crippen MR) is 49.9 cm³/mol. The lowest BCUT2D eigenvalue weighted by atomic mass is 10.1. The van der Waals surface area contributed by atoms with Crippen molar-refractivity contribution >= 4 is 11.8 Å². The average molecular weight is 197 g/mol. The molecule has 1 atom stereocenters. The van der Waals surface area contributed by atoms with Gasteiger partial charge in [-0.15, -0.1) is 0 Å². The van der Waals surface area contributed by atoms with Crippen LogP contribution in [0.3, 0.4) is 0 Å². The number of carbonyl (C=O) groups excluding carboxylic acids is 2. The molecule has 14 heavy (non-hydrogen) atoms. The second kappa shape index (κ2) is 3.57. The summed E-state index contributed by atoms with van der Waals surface area (Å²) in [6, 6.07) is -0.498. The summed E-state index contributed by atoms with van der Waals surface area (Å²) in [5.41, 5.74) is 5.68. The number of rotatable bonds is 0. The molecule has 0 spiro atoms. The minimum absolute atomic E-state index is 0.0333. The third-order valence-corrected chi connectivity index (χ3v) is 2.81. The van der Waals surface area contributed by atoms with Crippen LogP contribution in [0.2, 0.25) is 0 Å². The molecule has 0 radical (unpaired) electrons. The van der Waals surface area contributed by atoms with Gasteiger partial charge in [-0.3, -0.25) is 19.6 Å². The lowest BCUT2D eigenvalue weighted by Crippen LogP contribution is -2.54. The molecule has 0 unspecified atom stereocenters. The Hall–Kier alpha value is -1.10. The summed E-state index contributed by atoms with van der Waals surface area (Å²) in [6.07, 6.45) is 2.81. The van der Waals surface area contributed by atoms with Gasteiger partial charge in [0.1, 0.15) is 0 Å². The zero-order chi connectivity index (χ0) is 10.1. The monoisotopic (exact) mass is 197 g/mol. The van der Waals surface area contributed by atoms with E-state index in [-0.39, 0.29) is 11.8 Å². The first kappa shape index (κ1) is 9.45. The van der Waals surface area contributed by atoms with Crippen LogP contribution < -0.4 is 5.73 Å². The number of carbonyl (C=O) groups is 2. The molecule has 0 aliphatic carbocycles. The van der Waals surface area contributed by atoms with E-state index in [1.165, 1.54) is 5.01 Å². The first-order valence-electron chi connectivity index (χ1n) is 5.07. The van der Waals surface area contributed by atoms with Gasteiger partial charge in [-0.05, 0) is 19.3 Å². The molecule has 2 saturated heterocycles. The zero-order valence-corrected chi connectivity index (χ0v) is 8.11. The Morgan fingerprint density at radius 3 is 2.50 bits per heavy atom. The van der Waals surface area contributed by atoms with Crippen LogP contribution in [0.25, 0.3) is 0 Å². The highest BCUT2D eigenvalue weighted by Gasteiger charge is 2.34. The van der Waals surface area contributed by atoms with Gasteiger partial charge >= 0.3 is 0 Å². The smallest absolute Gasteiger partial charge is 0.258 e. The fourth-order valence-electron chi connectivity index (χ4n) is 1.98. The van der Waals surface area contributed by atoms with Gasteiger partial charge in [0.2, 0.25) is 5.91 Å². The summed E-state index contributed by atoms with van der Waals surface area (Å²) in [5.74, 6) is -0.0680. The lowest BCUT2D eigenvalue weighted by Gasteiger charge is -2.37. The molecule has 0 aromatic rings. The molecule has 2 aliphatic heterocycles. The number of hydrogen-bond acceptors (Lipinski definition) is 3. The van der Waals surface area contributed by atoms with Gasteiger partial charge in [0, 0.05) is 19.5 Å². The third kappa shape index (κ3) is 1.48. The van der Waals surface area contributed by atoms with E-state index in [0.717, 1.165) is 12.8 Å². The van der Waals surface area contributed by atoms with E-state index < -0.39 is 6.04 Å². The Balaban J connectivity index is 2.22. The molecule has 0 aromatic heterocycles. The molecule has 0 aromatic carbocycles. The summed E-state index contributed by atoms with van der Waals surface area (Å²) >= 11 is 0. The van der Waals surface area contributed by atoms with Crippen LogP contribution in [0, 0.1) is 0 Å². The minimum Gasteiger partial charge on any atom is -0.320 e. The van der Waals surface area contributed by atoms with Crippen molar-refractivity contribution in [1.82, 2.24) is 10.0 Å². The van der Waals surface area contributed by atoms with Crippen molar-refractivity contribution in [3.63, 3.8) is 0 Å². The molecule has 5 nitrogen and oxygen atoms in total. The van der Waals surface area contributed by atoms with Crippen molar-refractivity contribution in [1.29, 1.82) is 0 Å². The Morgan fingerprint density at radius 1 is 1.14 bits per heavy atom. The van der Waals surface area contributed by atoms with Gasteiger partial charge in [-0.1, -0.05) is 0 Å². The topological polar surface area (TPSA) is 66.6 Å². The first-order chi connectivity index (χ1) is 6.70. The number of hydrogen-bond donors (Lipinski definition) is 1. The fourth-order valence-corrected chi connectivity index (χ4v) is 1.98. The van der Waals surface area contributed by atoms with E-state index in [1.54, 1.807) is 5.01 Å². The highest BCUT2D eigenvalue weighted by Crippen LogP contribution is 2.18. The third-order valence-electron chi connectivity index (χ3n) is 2.81. The zero-order valence-electron chi connectivity index (χ0n) is 8.11. The summed E-state index contributed by atoms with van der Waals surface area (Å²) in [4.78, 5) is 23.3. The second-order valence-corrected chi connectivity index (χ2v) is 3.83. The standard InChI is InChI=1S/C9H15N3O2/c10-7-3-4-8(13)11-5-1-2-6-12(11)9(7)14/h7H,1-6,10H2/t7-/m0/s1. The number of nitrogens with zero attached hydrogens (tertiary/aromatic N) is 2. The summed E-state index contributed by atoms with van der Waals surface area (Å²) in [7, 11) is 0. The Kier molecular flexibility index (Phi) is 2.41. The number of amides is 2. The van der Waals surface area contributed by atoms with E-state index in [2.05, 4.69) is 0 Å². The highest BCUT2D eigenvalue weighted by molar-refractivity contribution is 5.88. The fraction of sp³-hybridized carbons (Fsp3) is 0.778. The molecule has 78 valence electrons. The van der Waals surface area contributed by atoms with Crippen molar-refractivity contribution in [2.24, 2.45) is 5.73 Å². The van der Waals surface area contributed by atoms with Gasteiger partial charge in [-0.2, -0.15) is 0 Å². The van der Waals surface area contributed by atoms with Crippen LogP contribution in [-0.4, -0.2) is 41.0 Å². The highest BCUT2D eigenvalue weighted by atomic mass is 16.2. The van der Waals surface area contributed by atoms with Crippen molar-refractivity contribution in [2.75, 3.05) is 13.1 Å². The first-order valence-corrected chi connectivity index (χ1v) is 5.07. The largest absolute Gasteiger partial charge is 0.320 e. The Bertz CT molecular complexity index is 267. The molecule has 2 amide bonds. The Morgan fingerprint density at radius 2 is 1.79 bits per heavy atom. The van der Waals surface area contributed by atoms with Gasteiger partial charge in [-0.25, -0.2) is 0 Å². The summed E-state index contributed by atoms with van der Waals surface area (Å²) in [5, 5.41) is 3.10.